The molecule has 1 aliphatic heterocycles. The minimum absolute atomic E-state index is 0.0783. The van der Waals surface area contributed by atoms with Crippen LogP contribution >= 0.6 is 0 Å². The number of hydrazone groups is 1. The number of benzene rings is 2. The van der Waals surface area contributed by atoms with Crippen LogP contribution in [0.1, 0.15) is 28.6 Å². The molecule has 0 saturated carbocycles. The van der Waals surface area contributed by atoms with Gasteiger partial charge in [0, 0.05) is 5.56 Å². The van der Waals surface area contributed by atoms with Gasteiger partial charge < -0.3 is 9.52 Å². The Labute approximate surface area is 179 Å². The van der Waals surface area contributed by atoms with Gasteiger partial charge in [-0.1, -0.05) is 12.1 Å². The number of alkyl halides is 3. The van der Waals surface area contributed by atoms with Gasteiger partial charge in [0.15, 0.2) is 0 Å². The molecule has 162 valence electrons. The summed E-state index contributed by atoms with van der Waals surface area (Å²) in [5, 5.41) is 14.4. The van der Waals surface area contributed by atoms with Gasteiger partial charge in [-0.15, -0.1) is 0 Å². The number of rotatable bonds is 4. The molecule has 6 nitrogen and oxygen atoms in total. The number of carboxylic acids is 1. The zero-order chi connectivity index (χ0) is 23.0. The summed E-state index contributed by atoms with van der Waals surface area (Å²) in [7, 11) is 0. The van der Waals surface area contributed by atoms with Crippen LogP contribution in [0, 0.1) is 0 Å². The Morgan fingerprint density at radius 2 is 1.81 bits per heavy atom. The van der Waals surface area contributed by atoms with Crippen LogP contribution in [0.4, 0.5) is 18.9 Å². The third-order valence-electron chi connectivity index (χ3n) is 4.81. The minimum Gasteiger partial charge on any atom is -0.478 e. The van der Waals surface area contributed by atoms with Gasteiger partial charge in [-0.3, -0.25) is 4.79 Å². The molecule has 32 heavy (non-hydrogen) atoms. The van der Waals surface area contributed by atoms with Crippen molar-refractivity contribution in [2.24, 2.45) is 5.10 Å². The van der Waals surface area contributed by atoms with E-state index in [1.165, 1.54) is 48.5 Å². The number of carboxylic acid groups (broad SMARTS) is 1. The second kappa shape index (κ2) is 7.84. The van der Waals surface area contributed by atoms with Crippen molar-refractivity contribution in [1.29, 1.82) is 0 Å². The van der Waals surface area contributed by atoms with Crippen molar-refractivity contribution in [3.05, 3.63) is 83.1 Å². The minimum atomic E-state index is -4.47. The molecule has 0 aliphatic carbocycles. The first-order valence-electron chi connectivity index (χ1n) is 9.36. The van der Waals surface area contributed by atoms with Crippen LogP contribution in [0.25, 0.3) is 17.4 Å². The van der Waals surface area contributed by atoms with Crippen LogP contribution in [0.5, 0.6) is 0 Å². The molecule has 0 spiro atoms. The number of halogens is 3. The Bertz CT molecular complexity index is 1270. The summed E-state index contributed by atoms with van der Waals surface area (Å²) in [6, 6.07) is 13.5. The molecule has 4 rings (SSSR count). The first kappa shape index (κ1) is 21.1. The van der Waals surface area contributed by atoms with Gasteiger partial charge in [-0.2, -0.15) is 23.3 Å². The average molecular weight is 440 g/mol. The molecule has 2 aromatic carbocycles. The number of amides is 1. The Morgan fingerprint density at radius 3 is 2.47 bits per heavy atom. The zero-order valence-electron chi connectivity index (χ0n) is 16.6. The van der Waals surface area contributed by atoms with E-state index in [-0.39, 0.29) is 28.2 Å². The molecular weight excluding hydrogens is 425 g/mol. The van der Waals surface area contributed by atoms with Crippen LogP contribution in [-0.2, 0) is 11.0 Å². The number of anilines is 1. The second-order valence-corrected chi connectivity index (χ2v) is 6.99. The fourth-order valence-corrected chi connectivity index (χ4v) is 3.18. The maximum absolute atomic E-state index is 13.0. The summed E-state index contributed by atoms with van der Waals surface area (Å²) in [5.74, 6) is -1.02. The number of carbonyl (C=O) groups excluding carboxylic acids is 1. The second-order valence-electron chi connectivity index (χ2n) is 6.99. The molecule has 9 heteroatoms. The number of carbonyl (C=O) groups is 2. The standard InChI is InChI=1S/C23H15F3N2O4/c1-13-19(21(29)28(27-13)17-7-5-14(6-8-17)22(30)31)12-18-9-10-20(32-18)15-3-2-4-16(11-15)23(24,25)26/h2-12H,1H3,(H,30,31)/b19-12+. The van der Waals surface area contributed by atoms with E-state index in [1.54, 1.807) is 13.0 Å². The van der Waals surface area contributed by atoms with Gasteiger partial charge in [0.25, 0.3) is 5.91 Å². The molecule has 2 heterocycles. The summed E-state index contributed by atoms with van der Waals surface area (Å²) in [5.41, 5.74) is 0.602. The first-order chi connectivity index (χ1) is 15.1. The molecule has 1 amide bonds. The molecule has 0 radical (unpaired) electrons. The average Bonchev–Trinajstić information content (AvgIpc) is 3.34. The van der Waals surface area contributed by atoms with E-state index >= 15 is 0 Å². The lowest BCUT2D eigenvalue weighted by Gasteiger charge is -2.11. The molecule has 1 aromatic heterocycles. The summed E-state index contributed by atoms with van der Waals surface area (Å²) < 4.78 is 44.5. The summed E-state index contributed by atoms with van der Waals surface area (Å²) in [6.07, 6.45) is -3.01. The van der Waals surface area contributed by atoms with Crippen LogP contribution in [0.3, 0.4) is 0 Å². The highest BCUT2D eigenvalue weighted by molar-refractivity contribution is 6.32. The first-order valence-corrected chi connectivity index (χ1v) is 9.36. The maximum Gasteiger partial charge on any atom is 0.416 e. The predicted octanol–water partition coefficient (Wildman–Crippen LogP) is 5.47. The van der Waals surface area contributed by atoms with Gasteiger partial charge in [0.2, 0.25) is 0 Å². The third kappa shape index (κ3) is 4.04. The van der Waals surface area contributed by atoms with Crippen LogP contribution in [-0.4, -0.2) is 22.7 Å². The van der Waals surface area contributed by atoms with Gasteiger partial charge in [0.05, 0.1) is 28.1 Å². The lowest BCUT2D eigenvalue weighted by molar-refractivity contribution is -0.137. The van der Waals surface area contributed by atoms with E-state index in [2.05, 4.69) is 5.10 Å². The van der Waals surface area contributed by atoms with Gasteiger partial charge in [-0.25, -0.2) is 4.79 Å². The third-order valence-corrected chi connectivity index (χ3v) is 4.81. The number of furan rings is 1. The van der Waals surface area contributed by atoms with E-state index in [4.69, 9.17) is 9.52 Å². The normalized spacial score (nSPS) is 15.4. The number of hydrogen-bond donors (Lipinski definition) is 1. The molecule has 0 saturated heterocycles. The van der Waals surface area contributed by atoms with E-state index in [9.17, 15) is 22.8 Å². The zero-order valence-corrected chi connectivity index (χ0v) is 16.6. The molecule has 0 atom stereocenters. The monoisotopic (exact) mass is 440 g/mol. The van der Waals surface area contributed by atoms with Crippen LogP contribution < -0.4 is 5.01 Å². The summed E-state index contributed by atoms with van der Waals surface area (Å²) in [4.78, 5) is 23.8. The SMILES string of the molecule is CC1=NN(c2ccc(C(=O)O)cc2)C(=O)/C1=C/c1ccc(-c2cccc(C(F)(F)F)c2)o1. The Balaban J connectivity index is 1.59. The highest BCUT2D eigenvalue weighted by Gasteiger charge is 2.31. The molecule has 1 N–H and O–H groups in total. The van der Waals surface area contributed by atoms with E-state index < -0.39 is 23.6 Å². The number of hydrogen-bond acceptors (Lipinski definition) is 4. The topological polar surface area (TPSA) is 83.1 Å². The van der Waals surface area contributed by atoms with Crippen molar-refractivity contribution in [3.63, 3.8) is 0 Å². The molecule has 0 bridgehead atoms. The predicted molar refractivity (Wildman–Crippen MR) is 111 cm³/mol. The van der Waals surface area contributed by atoms with E-state index in [0.717, 1.165) is 17.1 Å². The number of aromatic carboxylic acids is 1. The van der Waals surface area contributed by atoms with Gasteiger partial charge in [0.1, 0.15) is 11.5 Å². The molecule has 0 unspecified atom stereocenters. The molecule has 0 fully saturated rings. The smallest absolute Gasteiger partial charge is 0.416 e. The summed E-state index contributed by atoms with van der Waals surface area (Å²) in [6.45, 7) is 1.63. The van der Waals surface area contributed by atoms with Crippen molar-refractivity contribution in [2.45, 2.75) is 13.1 Å². The highest BCUT2D eigenvalue weighted by Crippen LogP contribution is 2.33. The number of nitrogens with zero attached hydrogens (tertiary/aromatic N) is 2. The Morgan fingerprint density at radius 1 is 1.09 bits per heavy atom. The highest BCUT2D eigenvalue weighted by atomic mass is 19.4. The fraction of sp³-hybridized carbons (Fsp3) is 0.0870. The van der Waals surface area contributed by atoms with Gasteiger partial charge >= 0.3 is 12.1 Å². The van der Waals surface area contributed by atoms with Crippen molar-refractivity contribution >= 4 is 29.4 Å². The lowest BCUT2D eigenvalue weighted by Crippen LogP contribution is -2.21. The summed E-state index contributed by atoms with van der Waals surface area (Å²) >= 11 is 0. The molecule has 1 aliphatic rings. The van der Waals surface area contributed by atoms with Crippen LogP contribution in [0.2, 0.25) is 0 Å². The Hall–Kier alpha value is -4.14. The maximum atomic E-state index is 13.0. The van der Waals surface area contributed by atoms with Crippen molar-refractivity contribution in [2.75, 3.05) is 5.01 Å². The van der Waals surface area contributed by atoms with Crippen molar-refractivity contribution < 1.29 is 32.3 Å². The quantitative estimate of drug-likeness (QED) is 0.546. The van der Waals surface area contributed by atoms with Crippen molar-refractivity contribution in [3.8, 4) is 11.3 Å². The lowest BCUT2D eigenvalue weighted by atomic mass is 10.1. The largest absolute Gasteiger partial charge is 0.478 e. The fourth-order valence-electron chi connectivity index (χ4n) is 3.18. The Kier molecular flexibility index (Phi) is 5.17. The van der Waals surface area contributed by atoms with Crippen molar-refractivity contribution in [1.82, 2.24) is 0 Å². The molecular formula is C23H15F3N2O4. The van der Waals surface area contributed by atoms with E-state index in [1.807, 2.05) is 0 Å². The van der Waals surface area contributed by atoms with E-state index in [0.29, 0.717) is 11.4 Å². The van der Waals surface area contributed by atoms with Crippen LogP contribution in [0.15, 0.2) is 75.8 Å². The molecule has 3 aromatic rings. The van der Waals surface area contributed by atoms with Gasteiger partial charge in [-0.05, 0) is 61.5 Å².